The average molecular weight is 242 g/mol. The third kappa shape index (κ3) is 4.14. The van der Waals surface area contributed by atoms with Crippen LogP contribution >= 0.6 is 0 Å². The second-order valence-corrected chi connectivity index (χ2v) is 3.54. The zero-order valence-corrected chi connectivity index (χ0v) is 10.4. The van der Waals surface area contributed by atoms with Crippen LogP contribution in [0.25, 0.3) is 0 Å². The van der Waals surface area contributed by atoms with Crippen LogP contribution in [0.1, 0.15) is 44.5 Å². The van der Waals surface area contributed by atoms with E-state index < -0.39 is 0 Å². The first-order chi connectivity index (χ1) is 8.21. The molecule has 1 aromatic rings. The van der Waals surface area contributed by atoms with E-state index >= 15 is 0 Å². The van der Waals surface area contributed by atoms with E-state index in [2.05, 4.69) is 10.1 Å². The molecular formula is C11H18N2O4. The summed E-state index contributed by atoms with van der Waals surface area (Å²) in [5.74, 6) is 0.373. The smallest absolute Gasteiger partial charge is 0.315 e. The van der Waals surface area contributed by atoms with Crippen LogP contribution in [0.2, 0.25) is 0 Å². The van der Waals surface area contributed by atoms with Gasteiger partial charge in [-0.2, -0.15) is 4.98 Å². The number of carbonyl (C=O) groups excluding carboxylic acids is 1. The molecule has 1 unspecified atom stereocenters. The van der Waals surface area contributed by atoms with E-state index in [4.69, 9.17) is 14.0 Å². The molecule has 1 rings (SSSR count). The summed E-state index contributed by atoms with van der Waals surface area (Å²) in [4.78, 5) is 15.3. The fourth-order valence-corrected chi connectivity index (χ4v) is 1.42. The summed E-state index contributed by atoms with van der Waals surface area (Å²) < 4.78 is 15.0. The summed E-state index contributed by atoms with van der Waals surface area (Å²) in [5, 5.41) is 3.80. The fourth-order valence-electron chi connectivity index (χ4n) is 1.42. The molecule has 17 heavy (non-hydrogen) atoms. The molecule has 0 aromatic carbocycles. The Bertz CT molecular complexity index is 351. The normalized spacial score (nSPS) is 12.4. The Balaban J connectivity index is 2.60. The van der Waals surface area contributed by atoms with Crippen molar-refractivity contribution in [2.24, 2.45) is 0 Å². The maximum atomic E-state index is 11.2. The molecule has 1 heterocycles. The van der Waals surface area contributed by atoms with Gasteiger partial charge in [-0.1, -0.05) is 18.5 Å². The molecule has 0 aliphatic heterocycles. The highest BCUT2D eigenvalue weighted by molar-refractivity contribution is 5.71. The molecule has 1 aromatic heterocycles. The molecule has 0 aliphatic carbocycles. The number of carbonyl (C=O) groups is 1. The predicted molar refractivity (Wildman–Crippen MR) is 59.3 cm³/mol. The third-order valence-corrected chi connectivity index (χ3v) is 2.21. The van der Waals surface area contributed by atoms with Crippen molar-refractivity contribution in [2.45, 2.75) is 39.2 Å². The number of esters is 1. The highest BCUT2D eigenvalue weighted by Gasteiger charge is 2.18. The summed E-state index contributed by atoms with van der Waals surface area (Å²) >= 11 is 0. The highest BCUT2D eigenvalue weighted by atomic mass is 16.5. The zero-order valence-electron chi connectivity index (χ0n) is 10.4. The summed E-state index contributed by atoms with van der Waals surface area (Å²) in [6.07, 6.45) is 1.60. The summed E-state index contributed by atoms with van der Waals surface area (Å²) in [5.41, 5.74) is 0. The molecule has 0 aliphatic rings. The van der Waals surface area contributed by atoms with Gasteiger partial charge in [0.25, 0.3) is 0 Å². The van der Waals surface area contributed by atoms with Gasteiger partial charge in [-0.25, -0.2) is 0 Å². The largest absolute Gasteiger partial charge is 0.466 e. The fraction of sp³-hybridized carbons (Fsp3) is 0.727. The van der Waals surface area contributed by atoms with E-state index in [1.807, 2.05) is 6.92 Å². The van der Waals surface area contributed by atoms with Crippen molar-refractivity contribution in [3.8, 4) is 0 Å². The first-order valence-corrected chi connectivity index (χ1v) is 5.72. The zero-order chi connectivity index (χ0) is 12.7. The Morgan fingerprint density at radius 3 is 2.82 bits per heavy atom. The van der Waals surface area contributed by atoms with Gasteiger partial charge in [0.05, 0.1) is 6.61 Å². The maximum Gasteiger partial charge on any atom is 0.315 e. The molecular weight excluding hydrogens is 224 g/mol. The molecule has 6 heteroatoms. The molecule has 0 N–H and O–H groups in total. The van der Waals surface area contributed by atoms with Gasteiger partial charge in [-0.05, 0) is 13.3 Å². The lowest BCUT2D eigenvalue weighted by atomic mass is 10.2. The van der Waals surface area contributed by atoms with Gasteiger partial charge in [0.15, 0.2) is 0 Å². The molecule has 0 saturated carbocycles. The molecule has 1 atom stereocenters. The lowest BCUT2D eigenvalue weighted by Gasteiger charge is -2.08. The van der Waals surface area contributed by atoms with Crippen molar-refractivity contribution in [1.29, 1.82) is 0 Å². The molecule has 0 bridgehead atoms. The number of methoxy groups -OCH3 is 1. The number of ether oxygens (including phenoxy) is 2. The van der Waals surface area contributed by atoms with Crippen LogP contribution in [0.5, 0.6) is 0 Å². The molecule has 0 amide bonds. The topological polar surface area (TPSA) is 74.5 Å². The Morgan fingerprint density at radius 1 is 1.47 bits per heavy atom. The first kappa shape index (κ1) is 13.6. The lowest BCUT2D eigenvalue weighted by molar-refractivity contribution is -0.142. The van der Waals surface area contributed by atoms with E-state index in [9.17, 15) is 4.79 Å². The number of hydrogen-bond donors (Lipinski definition) is 0. The van der Waals surface area contributed by atoms with Crippen LogP contribution in [-0.2, 0) is 20.7 Å². The predicted octanol–water partition coefficient (Wildman–Crippen LogP) is 1.66. The van der Waals surface area contributed by atoms with Crippen LogP contribution in [0.3, 0.4) is 0 Å². The van der Waals surface area contributed by atoms with Crippen molar-refractivity contribution in [3.63, 3.8) is 0 Å². The number of aromatic nitrogens is 2. The minimum absolute atomic E-state index is 0.00337. The van der Waals surface area contributed by atoms with Gasteiger partial charge < -0.3 is 14.0 Å². The molecule has 6 nitrogen and oxygen atoms in total. The number of nitrogens with zero attached hydrogens (tertiary/aromatic N) is 2. The lowest BCUT2D eigenvalue weighted by Crippen LogP contribution is -2.08. The van der Waals surface area contributed by atoms with Crippen molar-refractivity contribution < 1.29 is 18.8 Å². The Labute approximate surface area is 100 Å². The Kier molecular flexibility index (Phi) is 5.62. The minimum Gasteiger partial charge on any atom is -0.466 e. The van der Waals surface area contributed by atoms with Crippen LogP contribution in [-0.4, -0.2) is 29.8 Å². The molecule has 0 fully saturated rings. The summed E-state index contributed by atoms with van der Waals surface area (Å²) in [7, 11) is 1.60. The molecule has 0 radical (unpaired) electrons. The number of hydrogen-bond acceptors (Lipinski definition) is 6. The molecule has 0 spiro atoms. The SMILES string of the molecule is CCCC(OC)c1noc(CC(=O)OCC)n1. The standard InChI is InChI=1S/C11H18N2O4/c1-4-6-8(15-3)11-12-9(17-13-11)7-10(14)16-5-2/h8H,4-7H2,1-3H3. The molecule has 0 saturated heterocycles. The van der Waals surface area contributed by atoms with Crippen LogP contribution < -0.4 is 0 Å². The van der Waals surface area contributed by atoms with Gasteiger partial charge in [-0.15, -0.1) is 0 Å². The van der Waals surface area contributed by atoms with E-state index in [-0.39, 0.29) is 24.4 Å². The van der Waals surface area contributed by atoms with Crippen molar-refractivity contribution in [2.75, 3.05) is 13.7 Å². The van der Waals surface area contributed by atoms with Gasteiger partial charge in [0.1, 0.15) is 12.5 Å². The second-order valence-electron chi connectivity index (χ2n) is 3.54. The van der Waals surface area contributed by atoms with E-state index in [1.54, 1.807) is 14.0 Å². The van der Waals surface area contributed by atoms with Gasteiger partial charge in [0, 0.05) is 7.11 Å². The monoisotopic (exact) mass is 242 g/mol. The second kappa shape index (κ2) is 7.01. The maximum absolute atomic E-state index is 11.2. The van der Waals surface area contributed by atoms with Crippen molar-refractivity contribution in [3.05, 3.63) is 11.7 Å². The van der Waals surface area contributed by atoms with Crippen molar-refractivity contribution >= 4 is 5.97 Å². The van der Waals surface area contributed by atoms with Crippen LogP contribution in [0.4, 0.5) is 0 Å². The van der Waals surface area contributed by atoms with Crippen molar-refractivity contribution in [1.82, 2.24) is 10.1 Å². The minimum atomic E-state index is -0.368. The average Bonchev–Trinajstić information content (AvgIpc) is 2.74. The van der Waals surface area contributed by atoms with Gasteiger partial charge in [-0.3, -0.25) is 4.79 Å². The van der Waals surface area contributed by atoms with Crippen LogP contribution in [0, 0.1) is 0 Å². The molecule has 96 valence electrons. The Hall–Kier alpha value is -1.43. The van der Waals surface area contributed by atoms with E-state index in [0.29, 0.717) is 12.4 Å². The number of rotatable bonds is 7. The summed E-state index contributed by atoms with van der Waals surface area (Å²) in [6.45, 7) is 4.14. The van der Waals surface area contributed by atoms with Gasteiger partial charge in [0.2, 0.25) is 11.7 Å². The summed E-state index contributed by atoms with van der Waals surface area (Å²) in [6, 6.07) is 0. The van der Waals surface area contributed by atoms with E-state index in [1.165, 1.54) is 0 Å². The first-order valence-electron chi connectivity index (χ1n) is 5.72. The third-order valence-electron chi connectivity index (χ3n) is 2.21. The van der Waals surface area contributed by atoms with E-state index in [0.717, 1.165) is 12.8 Å². The highest BCUT2D eigenvalue weighted by Crippen LogP contribution is 2.18. The quantitative estimate of drug-likeness (QED) is 0.677. The Morgan fingerprint density at radius 2 is 2.24 bits per heavy atom. The van der Waals surface area contributed by atoms with Crippen LogP contribution in [0.15, 0.2) is 4.52 Å². The van der Waals surface area contributed by atoms with Gasteiger partial charge >= 0.3 is 5.97 Å².